The second-order valence-corrected chi connectivity index (χ2v) is 7.93. The van der Waals surface area contributed by atoms with Crippen molar-refractivity contribution in [2.45, 2.75) is 17.7 Å². The van der Waals surface area contributed by atoms with E-state index in [0.29, 0.717) is 13.0 Å². The molecule has 3 rings (SSSR count). The van der Waals surface area contributed by atoms with Crippen molar-refractivity contribution in [1.29, 1.82) is 0 Å². The van der Waals surface area contributed by atoms with E-state index in [-0.39, 0.29) is 10.5 Å². The number of fused-ring (bicyclic) bond motifs is 1. The van der Waals surface area contributed by atoms with Crippen LogP contribution in [0.3, 0.4) is 0 Å². The van der Waals surface area contributed by atoms with E-state index in [1.54, 1.807) is 0 Å². The summed E-state index contributed by atoms with van der Waals surface area (Å²) < 4.78 is 32.1. The Hall–Kier alpha value is -2.70. The number of carbonyl (C=O) groups is 1. The molecule has 0 aliphatic heterocycles. The standard InChI is InChI=1S/C21H21NO4S/c1-26-21(23)18-10-5-12-19(15-18)27(24,25)22-14-6-11-17-9-4-8-16-7-2-3-13-20(16)17/h2-5,7-10,12-13,15,22H,6,11,14H2,1H3. The van der Waals surface area contributed by atoms with E-state index in [0.717, 1.165) is 6.42 Å². The van der Waals surface area contributed by atoms with Gasteiger partial charge in [0.25, 0.3) is 0 Å². The van der Waals surface area contributed by atoms with Gasteiger partial charge < -0.3 is 4.74 Å². The van der Waals surface area contributed by atoms with Crippen LogP contribution < -0.4 is 4.72 Å². The number of esters is 1. The lowest BCUT2D eigenvalue weighted by atomic mass is 10.0. The smallest absolute Gasteiger partial charge is 0.337 e. The fourth-order valence-corrected chi connectivity index (χ4v) is 4.11. The first-order chi connectivity index (χ1) is 13.0. The minimum absolute atomic E-state index is 0.0514. The number of methoxy groups -OCH3 is 1. The zero-order valence-corrected chi connectivity index (χ0v) is 15.8. The molecule has 0 amide bonds. The topological polar surface area (TPSA) is 72.5 Å². The molecule has 0 spiro atoms. The SMILES string of the molecule is COC(=O)c1cccc(S(=O)(=O)NCCCc2cccc3ccccc23)c1. The number of aryl methyl sites for hydroxylation is 1. The molecule has 27 heavy (non-hydrogen) atoms. The van der Waals surface area contributed by atoms with Gasteiger partial charge in [-0.25, -0.2) is 17.9 Å². The average Bonchev–Trinajstić information content (AvgIpc) is 2.70. The third kappa shape index (κ3) is 4.53. The predicted octanol–water partition coefficient (Wildman–Crippen LogP) is 3.54. The zero-order valence-electron chi connectivity index (χ0n) is 15.0. The summed E-state index contributed by atoms with van der Waals surface area (Å²) in [5.41, 5.74) is 1.40. The second kappa shape index (κ2) is 8.33. The quantitative estimate of drug-likeness (QED) is 0.500. The Kier molecular flexibility index (Phi) is 5.88. The summed E-state index contributed by atoms with van der Waals surface area (Å²) in [7, 11) is -2.42. The third-order valence-electron chi connectivity index (χ3n) is 4.36. The van der Waals surface area contributed by atoms with Crippen molar-refractivity contribution in [2.24, 2.45) is 0 Å². The van der Waals surface area contributed by atoms with Crippen LogP contribution in [-0.4, -0.2) is 28.0 Å². The molecule has 3 aromatic carbocycles. The Bertz CT molecular complexity index is 1060. The highest BCUT2D eigenvalue weighted by atomic mass is 32.2. The van der Waals surface area contributed by atoms with Gasteiger partial charge in [0, 0.05) is 6.54 Å². The number of benzene rings is 3. The van der Waals surface area contributed by atoms with Gasteiger partial charge in [-0.1, -0.05) is 48.5 Å². The molecular formula is C21H21NO4S. The van der Waals surface area contributed by atoms with Crippen LogP contribution in [0.5, 0.6) is 0 Å². The highest BCUT2D eigenvalue weighted by Crippen LogP contribution is 2.19. The number of nitrogens with one attached hydrogen (secondary N) is 1. The van der Waals surface area contributed by atoms with Crippen LogP contribution in [0.4, 0.5) is 0 Å². The van der Waals surface area contributed by atoms with E-state index in [1.165, 1.54) is 47.7 Å². The lowest BCUT2D eigenvalue weighted by molar-refractivity contribution is 0.0600. The average molecular weight is 383 g/mol. The molecule has 0 saturated carbocycles. The van der Waals surface area contributed by atoms with Crippen molar-refractivity contribution in [2.75, 3.05) is 13.7 Å². The number of rotatable bonds is 7. The molecule has 0 fully saturated rings. The van der Waals surface area contributed by atoms with Crippen molar-refractivity contribution in [1.82, 2.24) is 4.72 Å². The molecule has 140 valence electrons. The summed E-state index contributed by atoms with van der Waals surface area (Å²) in [6.07, 6.45) is 1.44. The van der Waals surface area contributed by atoms with Crippen molar-refractivity contribution in [3.05, 3.63) is 77.9 Å². The number of hydrogen-bond acceptors (Lipinski definition) is 4. The van der Waals surface area contributed by atoms with Crippen LogP contribution in [-0.2, 0) is 21.2 Å². The zero-order chi connectivity index (χ0) is 19.3. The van der Waals surface area contributed by atoms with Gasteiger partial charge in [-0.2, -0.15) is 0 Å². The molecule has 1 N–H and O–H groups in total. The van der Waals surface area contributed by atoms with Crippen molar-refractivity contribution in [3.8, 4) is 0 Å². The first kappa shape index (κ1) is 19.1. The monoisotopic (exact) mass is 383 g/mol. The van der Waals surface area contributed by atoms with Crippen molar-refractivity contribution in [3.63, 3.8) is 0 Å². The van der Waals surface area contributed by atoms with Gasteiger partial charge in [-0.3, -0.25) is 0 Å². The molecular weight excluding hydrogens is 362 g/mol. The van der Waals surface area contributed by atoms with Crippen LogP contribution in [0.1, 0.15) is 22.3 Å². The Morgan fingerprint density at radius 2 is 1.74 bits per heavy atom. The van der Waals surface area contributed by atoms with Crippen LogP contribution in [0.25, 0.3) is 10.8 Å². The molecule has 0 aliphatic rings. The van der Waals surface area contributed by atoms with E-state index >= 15 is 0 Å². The van der Waals surface area contributed by atoms with E-state index in [1.807, 2.05) is 18.2 Å². The van der Waals surface area contributed by atoms with Gasteiger partial charge >= 0.3 is 5.97 Å². The molecule has 0 aliphatic carbocycles. The minimum Gasteiger partial charge on any atom is -0.465 e. The number of ether oxygens (including phenoxy) is 1. The second-order valence-electron chi connectivity index (χ2n) is 6.16. The van der Waals surface area contributed by atoms with Crippen molar-refractivity contribution >= 4 is 26.8 Å². The molecule has 3 aromatic rings. The lowest BCUT2D eigenvalue weighted by Crippen LogP contribution is -2.25. The van der Waals surface area contributed by atoms with E-state index < -0.39 is 16.0 Å². The Labute approximate surface area is 159 Å². The molecule has 0 bridgehead atoms. The summed E-state index contributed by atoms with van der Waals surface area (Å²) in [4.78, 5) is 11.6. The van der Waals surface area contributed by atoms with Crippen LogP contribution in [0.2, 0.25) is 0 Å². The van der Waals surface area contributed by atoms with Gasteiger partial charge in [-0.05, 0) is 47.4 Å². The Morgan fingerprint density at radius 3 is 2.56 bits per heavy atom. The van der Waals surface area contributed by atoms with Gasteiger partial charge in [0.15, 0.2) is 0 Å². The maximum Gasteiger partial charge on any atom is 0.337 e. The number of carbonyl (C=O) groups excluding carboxylic acids is 1. The Morgan fingerprint density at radius 1 is 1.00 bits per heavy atom. The molecule has 0 radical (unpaired) electrons. The molecule has 5 nitrogen and oxygen atoms in total. The molecule has 6 heteroatoms. The molecule has 0 saturated heterocycles. The van der Waals surface area contributed by atoms with Gasteiger partial charge in [0.2, 0.25) is 10.0 Å². The van der Waals surface area contributed by atoms with Gasteiger partial charge in [-0.15, -0.1) is 0 Å². The molecule has 0 heterocycles. The van der Waals surface area contributed by atoms with Crippen LogP contribution in [0, 0.1) is 0 Å². The van der Waals surface area contributed by atoms with Crippen molar-refractivity contribution < 1.29 is 17.9 Å². The maximum atomic E-state index is 12.5. The van der Waals surface area contributed by atoms with Crippen LogP contribution in [0.15, 0.2) is 71.6 Å². The Balaban J connectivity index is 1.63. The summed E-state index contributed by atoms with van der Waals surface area (Å²) in [6, 6.07) is 20.1. The summed E-state index contributed by atoms with van der Waals surface area (Å²) in [5.74, 6) is -0.567. The third-order valence-corrected chi connectivity index (χ3v) is 5.82. The first-order valence-electron chi connectivity index (χ1n) is 8.66. The van der Waals surface area contributed by atoms with E-state index in [2.05, 4.69) is 33.7 Å². The maximum absolute atomic E-state index is 12.5. The fraction of sp³-hybridized carbons (Fsp3) is 0.190. The summed E-state index contributed by atoms with van der Waals surface area (Å²) in [6.45, 7) is 0.313. The highest BCUT2D eigenvalue weighted by Gasteiger charge is 2.16. The largest absolute Gasteiger partial charge is 0.465 e. The lowest BCUT2D eigenvalue weighted by Gasteiger charge is -2.09. The molecule has 0 atom stereocenters. The predicted molar refractivity (Wildman–Crippen MR) is 105 cm³/mol. The first-order valence-corrected chi connectivity index (χ1v) is 10.1. The summed E-state index contributed by atoms with van der Waals surface area (Å²) >= 11 is 0. The van der Waals surface area contributed by atoms with E-state index in [4.69, 9.17) is 0 Å². The minimum atomic E-state index is -3.68. The fourth-order valence-electron chi connectivity index (χ4n) is 2.99. The van der Waals surface area contributed by atoms with Gasteiger partial charge in [0.1, 0.15) is 0 Å². The van der Waals surface area contributed by atoms with E-state index in [9.17, 15) is 13.2 Å². The number of sulfonamides is 1. The summed E-state index contributed by atoms with van der Waals surface area (Å²) in [5, 5.41) is 2.36. The number of hydrogen-bond donors (Lipinski definition) is 1. The normalized spacial score (nSPS) is 11.4. The molecule has 0 aromatic heterocycles. The van der Waals surface area contributed by atoms with Gasteiger partial charge in [0.05, 0.1) is 17.6 Å². The molecule has 0 unspecified atom stereocenters. The highest BCUT2D eigenvalue weighted by molar-refractivity contribution is 7.89. The van der Waals surface area contributed by atoms with Crippen LogP contribution >= 0.6 is 0 Å².